The quantitative estimate of drug-likeness (QED) is 0.867. The van der Waals surface area contributed by atoms with Crippen molar-refractivity contribution >= 4 is 5.69 Å². The van der Waals surface area contributed by atoms with E-state index in [1.807, 2.05) is 6.92 Å². The van der Waals surface area contributed by atoms with Gasteiger partial charge in [0, 0.05) is 6.54 Å². The second-order valence-electron chi connectivity index (χ2n) is 6.54. The molecule has 1 aromatic rings. The van der Waals surface area contributed by atoms with Gasteiger partial charge in [-0.3, -0.25) is 0 Å². The van der Waals surface area contributed by atoms with Crippen LogP contribution in [0.3, 0.4) is 0 Å². The van der Waals surface area contributed by atoms with Crippen LogP contribution in [0.1, 0.15) is 44.6 Å². The van der Waals surface area contributed by atoms with Crippen LogP contribution in [0.4, 0.5) is 5.69 Å². The predicted molar refractivity (Wildman–Crippen MR) is 94.8 cm³/mol. The number of aryl methyl sites for hydroxylation is 1. The molecule has 0 aromatic heterocycles. The van der Waals surface area contributed by atoms with Crippen LogP contribution in [0.2, 0.25) is 0 Å². The van der Waals surface area contributed by atoms with Crippen LogP contribution in [0.25, 0.3) is 0 Å². The van der Waals surface area contributed by atoms with Crippen molar-refractivity contribution in [3.05, 3.63) is 17.7 Å². The zero-order valence-corrected chi connectivity index (χ0v) is 14.4. The standard InChI is InChI=1S/C19H30N2O2/c1-2-22-18-15-16(14-17-19(18)23-13-9-20-17)8-7-12-21-10-5-3-4-6-11-21/h14-15,20H,2-13H2,1H3. The first-order valence-electron chi connectivity index (χ1n) is 9.25. The smallest absolute Gasteiger partial charge is 0.184 e. The van der Waals surface area contributed by atoms with E-state index in [0.29, 0.717) is 13.2 Å². The van der Waals surface area contributed by atoms with Crippen molar-refractivity contribution in [2.24, 2.45) is 0 Å². The maximum absolute atomic E-state index is 5.78. The van der Waals surface area contributed by atoms with E-state index in [9.17, 15) is 0 Å². The van der Waals surface area contributed by atoms with Gasteiger partial charge >= 0.3 is 0 Å². The largest absolute Gasteiger partial charge is 0.490 e. The van der Waals surface area contributed by atoms with Gasteiger partial charge in [0.15, 0.2) is 11.5 Å². The number of rotatable bonds is 6. The number of likely N-dealkylation sites (tertiary alicyclic amines) is 1. The first-order valence-corrected chi connectivity index (χ1v) is 9.25. The molecule has 1 N–H and O–H groups in total. The summed E-state index contributed by atoms with van der Waals surface area (Å²) in [6, 6.07) is 4.40. The Bertz CT molecular complexity index is 496. The number of nitrogens with one attached hydrogen (secondary N) is 1. The molecule has 3 rings (SSSR count). The molecule has 0 radical (unpaired) electrons. The molecule has 1 fully saturated rings. The molecule has 0 spiro atoms. The van der Waals surface area contributed by atoms with Gasteiger partial charge in [0.1, 0.15) is 6.61 Å². The summed E-state index contributed by atoms with van der Waals surface area (Å²) in [6.45, 7) is 8.05. The van der Waals surface area contributed by atoms with Gasteiger partial charge < -0.3 is 19.7 Å². The molecule has 0 bridgehead atoms. The summed E-state index contributed by atoms with van der Waals surface area (Å²) in [7, 11) is 0. The second kappa shape index (κ2) is 8.44. The second-order valence-corrected chi connectivity index (χ2v) is 6.54. The first kappa shape index (κ1) is 16.4. The Kier molecular flexibility index (Phi) is 6.03. The van der Waals surface area contributed by atoms with Gasteiger partial charge in [-0.05, 0) is 69.9 Å². The minimum absolute atomic E-state index is 0.674. The zero-order valence-electron chi connectivity index (χ0n) is 14.4. The molecule has 1 saturated heterocycles. The zero-order chi connectivity index (χ0) is 15.9. The molecule has 4 nitrogen and oxygen atoms in total. The summed E-state index contributed by atoms with van der Waals surface area (Å²) in [6.07, 6.45) is 7.87. The van der Waals surface area contributed by atoms with Crippen molar-refractivity contribution in [1.82, 2.24) is 4.90 Å². The van der Waals surface area contributed by atoms with E-state index in [2.05, 4.69) is 22.3 Å². The fourth-order valence-corrected chi connectivity index (χ4v) is 3.55. The van der Waals surface area contributed by atoms with E-state index in [1.165, 1.54) is 57.3 Å². The summed E-state index contributed by atoms with van der Waals surface area (Å²) in [5.41, 5.74) is 2.44. The fourth-order valence-electron chi connectivity index (χ4n) is 3.55. The Hall–Kier alpha value is -1.42. The third-order valence-electron chi connectivity index (χ3n) is 4.72. The highest BCUT2D eigenvalue weighted by Gasteiger charge is 2.17. The van der Waals surface area contributed by atoms with E-state index in [-0.39, 0.29) is 0 Å². The number of ether oxygens (including phenoxy) is 2. The normalized spacial score (nSPS) is 18.5. The lowest BCUT2D eigenvalue weighted by Gasteiger charge is -2.23. The highest BCUT2D eigenvalue weighted by Crippen LogP contribution is 2.39. The lowest BCUT2D eigenvalue weighted by Crippen LogP contribution is -2.26. The molecule has 23 heavy (non-hydrogen) atoms. The van der Waals surface area contributed by atoms with Crippen molar-refractivity contribution in [2.45, 2.75) is 45.4 Å². The molecule has 0 saturated carbocycles. The van der Waals surface area contributed by atoms with E-state index >= 15 is 0 Å². The number of benzene rings is 1. The Morgan fingerprint density at radius 2 is 2.00 bits per heavy atom. The number of hydrogen-bond donors (Lipinski definition) is 1. The molecule has 128 valence electrons. The highest BCUT2D eigenvalue weighted by atomic mass is 16.5. The number of fused-ring (bicyclic) bond motifs is 1. The molecule has 1 aromatic carbocycles. The molecule has 4 heteroatoms. The fraction of sp³-hybridized carbons (Fsp3) is 0.684. The van der Waals surface area contributed by atoms with Gasteiger partial charge in [-0.1, -0.05) is 12.8 Å². The van der Waals surface area contributed by atoms with Crippen molar-refractivity contribution < 1.29 is 9.47 Å². The van der Waals surface area contributed by atoms with E-state index in [1.54, 1.807) is 0 Å². The molecular formula is C19H30N2O2. The third-order valence-corrected chi connectivity index (χ3v) is 4.72. The SMILES string of the molecule is CCOc1cc(CCCN2CCCCCC2)cc2c1OCCN2. The molecule has 2 heterocycles. The summed E-state index contributed by atoms with van der Waals surface area (Å²) >= 11 is 0. The van der Waals surface area contributed by atoms with Crippen LogP contribution >= 0.6 is 0 Å². The van der Waals surface area contributed by atoms with Crippen LogP contribution in [-0.2, 0) is 6.42 Å². The average molecular weight is 318 g/mol. The van der Waals surface area contributed by atoms with Gasteiger partial charge in [0.2, 0.25) is 0 Å². The molecule has 2 aliphatic rings. The summed E-state index contributed by atoms with van der Waals surface area (Å²) in [4.78, 5) is 2.64. The Morgan fingerprint density at radius 3 is 2.78 bits per heavy atom. The van der Waals surface area contributed by atoms with Gasteiger partial charge in [-0.25, -0.2) is 0 Å². The molecular weight excluding hydrogens is 288 g/mol. The van der Waals surface area contributed by atoms with Crippen molar-refractivity contribution in [3.8, 4) is 11.5 Å². The average Bonchev–Trinajstić information content (AvgIpc) is 2.84. The molecule has 2 aliphatic heterocycles. The lowest BCUT2D eigenvalue weighted by molar-refractivity contribution is 0.277. The summed E-state index contributed by atoms with van der Waals surface area (Å²) in [5, 5.41) is 3.43. The number of hydrogen-bond acceptors (Lipinski definition) is 4. The molecule has 0 atom stereocenters. The topological polar surface area (TPSA) is 33.7 Å². The van der Waals surface area contributed by atoms with E-state index in [0.717, 1.165) is 30.2 Å². The van der Waals surface area contributed by atoms with Gasteiger partial charge in [-0.15, -0.1) is 0 Å². The van der Waals surface area contributed by atoms with Gasteiger partial charge in [0.25, 0.3) is 0 Å². The Labute approximate surface area is 140 Å². The van der Waals surface area contributed by atoms with Crippen LogP contribution in [0.15, 0.2) is 12.1 Å². The third kappa shape index (κ3) is 4.54. The van der Waals surface area contributed by atoms with Gasteiger partial charge in [-0.2, -0.15) is 0 Å². The molecule has 0 aliphatic carbocycles. The van der Waals surface area contributed by atoms with Crippen molar-refractivity contribution in [2.75, 3.05) is 44.7 Å². The van der Waals surface area contributed by atoms with Gasteiger partial charge in [0.05, 0.1) is 12.3 Å². The van der Waals surface area contributed by atoms with E-state index < -0.39 is 0 Å². The Morgan fingerprint density at radius 1 is 1.17 bits per heavy atom. The van der Waals surface area contributed by atoms with Crippen LogP contribution in [-0.4, -0.2) is 44.3 Å². The minimum Gasteiger partial charge on any atom is -0.490 e. The molecule has 0 unspecified atom stereocenters. The maximum Gasteiger partial charge on any atom is 0.184 e. The van der Waals surface area contributed by atoms with Crippen LogP contribution in [0, 0.1) is 0 Å². The number of nitrogens with zero attached hydrogens (tertiary/aromatic N) is 1. The van der Waals surface area contributed by atoms with E-state index in [4.69, 9.17) is 9.47 Å². The number of anilines is 1. The maximum atomic E-state index is 5.78. The summed E-state index contributed by atoms with van der Waals surface area (Å²) < 4.78 is 11.6. The predicted octanol–water partition coefficient (Wildman–Crippen LogP) is 3.70. The monoisotopic (exact) mass is 318 g/mol. The Balaban J connectivity index is 1.59. The highest BCUT2D eigenvalue weighted by molar-refractivity contribution is 5.66. The first-order chi connectivity index (χ1) is 11.4. The van der Waals surface area contributed by atoms with Crippen LogP contribution in [0.5, 0.6) is 11.5 Å². The minimum atomic E-state index is 0.674. The summed E-state index contributed by atoms with van der Waals surface area (Å²) in [5.74, 6) is 1.77. The van der Waals surface area contributed by atoms with Crippen LogP contribution < -0.4 is 14.8 Å². The van der Waals surface area contributed by atoms with Crippen molar-refractivity contribution in [1.29, 1.82) is 0 Å². The molecule has 0 amide bonds. The lowest BCUT2D eigenvalue weighted by atomic mass is 10.1. The van der Waals surface area contributed by atoms with Crippen molar-refractivity contribution in [3.63, 3.8) is 0 Å².